The van der Waals surface area contributed by atoms with Crippen molar-refractivity contribution in [1.29, 1.82) is 0 Å². The first-order valence-corrected chi connectivity index (χ1v) is 7.16. The van der Waals surface area contributed by atoms with E-state index in [1.807, 2.05) is 42.5 Å². The second kappa shape index (κ2) is 6.83. The number of alkyl halides is 1. The average Bonchev–Trinajstić information content (AvgIpc) is 2.46. The summed E-state index contributed by atoms with van der Waals surface area (Å²) in [6.45, 7) is 0.517. The van der Waals surface area contributed by atoms with Gasteiger partial charge in [0.15, 0.2) is 0 Å². The van der Waals surface area contributed by atoms with Gasteiger partial charge >= 0.3 is 0 Å². The van der Waals surface area contributed by atoms with Gasteiger partial charge in [-0.1, -0.05) is 18.2 Å². The lowest BCUT2D eigenvalue weighted by Gasteiger charge is -2.09. The summed E-state index contributed by atoms with van der Waals surface area (Å²) < 4.78 is 11.8. The van der Waals surface area contributed by atoms with E-state index in [0.717, 1.165) is 27.1 Å². The molecule has 0 fully saturated rings. The Kier molecular flexibility index (Phi) is 5.11. The zero-order valence-electron chi connectivity index (χ0n) is 10.5. The van der Waals surface area contributed by atoms with E-state index in [-0.39, 0.29) is 0 Å². The van der Waals surface area contributed by atoms with Crippen LogP contribution in [0.25, 0.3) is 0 Å². The highest BCUT2D eigenvalue weighted by atomic mass is 79.9. The van der Waals surface area contributed by atoms with Gasteiger partial charge in [-0.25, -0.2) is 0 Å². The quantitative estimate of drug-likeness (QED) is 0.729. The summed E-state index contributed by atoms with van der Waals surface area (Å²) in [4.78, 5) is 0. The van der Waals surface area contributed by atoms with Crippen LogP contribution in [0.5, 0.6) is 11.5 Å². The fraction of sp³-hybridized carbons (Fsp3) is 0.200. The Morgan fingerprint density at radius 1 is 1.05 bits per heavy atom. The molecule has 0 heterocycles. The molecule has 2 aromatic rings. The molecule has 0 saturated heterocycles. The van der Waals surface area contributed by atoms with Crippen molar-refractivity contribution >= 4 is 27.5 Å². The lowest BCUT2D eigenvalue weighted by Crippen LogP contribution is -1.96. The van der Waals surface area contributed by atoms with Crippen molar-refractivity contribution < 1.29 is 9.47 Å². The second-order valence-electron chi connectivity index (χ2n) is 4.04. The van der Waals surface area contributed by atoms with Crippen molar-refractivity contribution in [1.82, 2.24) is 0 Å². The largest absolute Gasteiger partial charge is 0.496 e. The molecule has 19 heavy (non-hydrogen) atoms. The van der Waals surface area contributed by atoms with Crippen molar-refractivity contribution in [2.24, 2.45) is 0 Å². The normalized spacial score (nSPS) is 10.3. The van der Waals surface area contributed by atoms with Gasteiger partial charge in [0, 0.05) is 5.88 Å². The zero-order valence-corrected chi connectivity index (χ0v) is 12.9. The SMILES string of the molecule is COc1ccc(COc2ccc(CCl)cc2)cc1Br. The molecule has 0 aliphatic rings. The van der Waals surface area contributed by atoms with Crippen LogP contribution in [0.2, 0.25) is 0 Å². The van der Waals surface area contributed by atoms with Gasteiger partial charge in [0.05, 0.1) is 11.6 Å². The summed E-state index contributed by atoms with van der Waals surface area (Å²) in [5.74, 6) is 2.17. The second-order valence-corrected chi connectivity index (χ2v) is 5.16. The van der Waals surface area contributed by atoms with Crippen LogP contribution < -0.4 is 9.47 Å². The highest BCUT2D eigenvalue weighted by Gasteiger charge is 2.02. The van der Waals surface area contributed by atoms with E-state index in [2.05, 4.69) is 15.9 Å². The maximum Gasteiger partial charge on any atom is 0.133 e. The molecular weight excluding hydrogens is 328 g/mol. The molecule has 0 aromatic heterocycles. The van der Waals surface area contributed by atoms with Gasteiger partial charge in [-0.15, -0.1) is 11.6 Å². The number of halogens is 2. The molecule has 0 amide bonds. The first-order chi connectivity index (χ1) is 9.22. The molecule has 0 atom stereocenters. The monoisotopic (exact) mass is 340 g/mol. The first-order valence-electron chi connectivity index (χ1n) is 5.83. The Bertz CT molecular complexity index is 540. The van der Waals surface area contributed by atoms with Crippen molar-refractivity contribution in [2.45, 2.75) is 12.5 Å². The third-order valence-corrected chi connectivity index (χ3v) is 3.63. The summed E-state index contributed by atoms with van der Waals surface area (Å²) in [7, 11) is 1.65. The minimum atomic E-state index is 0.517. The Labute approximate surface area is 126 Å². The molecular formula is C15H14BrClO2. The summed E-state index contributed by atoms with van der Waals surface area (Å²) in [6, 6.07) is 13.7. The number of rotatable bonds is 5. The number of methoxy groups -OCH3 is 1. The maximum absolute atomic E-state index is 5.74. The molecule has 100 valence electrons. The Morgan fingerprint density at radius 2 is 1.74 bits per heavy atom. The highest BCUT2D eigenvalue weighted by Crippen LogP contribution is 2.26. The van der Waals surface area contributed by atoms with E-state index >= 15 is 0 Å². The van der Waals surface area contributed by atoms with Crippen molar-refractivity contribution in [2.75, 3.05) is 7.11 Å². The number of benzene rings is 2. The summed E-state index contributed by atoms with van der Waals surface area (Å²) >= 11 is 9.20. The van der Waals surface area contributed by atoms with E-state index in [1.54, 1.807) is 7.11 Å². The molecule has 0 unspecified atom stereocenters. The Hall–Kier alpha value is -1.19. The van der Waals surface area contributed by atoms with E-state index in [0.29, 0.717) is 12.5 Å². The average molecular weight is 342 g/mol. The summed E-state index contributed by atoms with van der Waals surface area (Å²) in [5.41, 5.74) is 2.16. The van der Waals surface area contributed by atoms with Crippen LogP contribution >= 0.6 is 27.5 Å². The van der Waals surface area contributed by atoms with Gasteiger partial charge < -0.3 is 9.47 Å². The third-order valence-electron chi connectivity index (χ3n) is 2.70. The van der Waals surface area contributed by atoms with Gasteiger partial charge in [-0.2, -0.15) is 0 Å². The molecule has 0 bridgehead atoms. The van der Waals surface area contributed by atoms with Crippen LogP contribution in [0.15, 0.2) is 46.9 Å². The molecule has 0 saturated carbocycles. The maximum atomic E-state index is 5.74. The van der Waals surface area contributed by atoms with Crippen LogP contribution in [-0.2, 0) is 12.5 Å². The number of hydrogen-bond acceptors (Lipinski definition) is 2. The number of ether oxygens (including phenoxy) is 2. The van der Waals surface area contributed by atoms with Crippen molar-refractivity contribution in [3.63, 3.8) is 0 Å². The molecule has 0 spiro atoms. The van der Waals surface area contributed by atoms with E-state index in [9.17, 15) is 0 Å². The minimum absolute atomic E-state index is 0.517. The van der Waals surface area contributed by atoms with Crippen LogP contribution in [0, 0.1) is 0 Å². The fourth-order valence-electron chi connectivity index (χ4n) is 1.64. The van der Waals surface area contributed by atoms with Crippen LogP contribution in [0.4, 0.5) is 0 Å². The molecule has 0 aliphatic carbocycles. The van der Waals surface area contributed by atoms with Gasteiger partial charge in [0.25, 0.3) is 0 Å². The Balaban J connectivity index is 1.99. The topological polar surface area (TPSA) is 18.5 Å². The molecule has 4 heteroatoms. The van der Waals surface area contributed by atoms with Gasteiger partial charge in [-0.05, 0) is 51.3 Å². The van der Waals surface area contributed by atoms with E-state index < -0.39 is 0 Å². The molecule has 0 radical (unpaired) electrons. The van der Waals surface area contributed by atoms with E-state index in [4.69, 9.17) is 21.1 Å². The number of hydrogen-bond donors (Lipinski definition) is 0. The first kappa shape index (κ1) is 14.2. The molecule has 2 aromatic carbocycles. The lowest BCUT2D eigenvalue weighted by atomic mass is 10.2. The van der Waals surface area contributed by atoms with Crippen LogP contribution in [-0.4, -0.2) is 7.11 Å². The summed E-state index contributed by atoms with van der Waals surface area (Å²) in [6.07, 6.45) is 0. The van der Waals surface area contributed by atoms with Gasteiger partial charge in [0.1, 0.15) is 18.1 Å². The smallest absolute Gasteiger partial charge is 0.133 e. The molecule has 0 aliphatic heterocycles. The Morgan fingerprint density at radius 3 is 2.32 bits per heavy atom. The molecule has 2 rings (SSSR count). The van der Waals surface area contributed by atoms with Gasteiger partial charge in [-0.3, -0.25) is 0 Å². The molecule has 0 N–H and O–H groups in total. The fourth-order valence-corrected chi connectivity index (χ4v) is 2.41. The van der Waals surface area contributed by atoms with Crippen LogP contribution in [0.3, 0.4) is 0 Å². The standard InChI is InChI=1S/C15H14BrClO2/c1-18-15-7-4-12(8-14(15)16)10-19-13-5-2-11(9-17)3-6-13/h2-8H,9-10H2,1H3. The van der Waals surface area contributed by atoms with Crippen LogP contribution in [0.1, 0.15) is 11.1 Å². The predicted molar refractivity (Wildman–Crippen MR) is 81.0 cm³/mol. The highest BCUT2D eigenvalue weighted by molar-refractivity contribution is 9.10. The zero-order chi connectivity index (χ0) is 13.7. The lowest BCUT2D eigenvalue weighted by molar-refractivity contribution is 0.306. The third kappa shape index (κ3) is 3.88. The van der Waals surface area contributed by atoms with Crippen molar-refractivity contribution in [3.05, 3.63) is 58.1 Å². The minimum Gasteiger partial charge on any atom is -0.496 e. The van der Waals surface area contributed by atoms with Gasteiger partial charge in [0.2, 0.25) is 0 Å². The summed E-state index contributed by atoms with van der Waals surface area (Å²) in [5, 5.41) is 0. The predicted octanol–water partition coefficient (Wildman–Crippen LogP) is 4.78. The molecule has 2 nitrogen and oxygen atoms in total. The van der Waals surface area contributed by atoms with Crippen molar-refractivity contribution in [3.8, 4) is 11.5 Å². The van der Waals surface area contributed by atoms with E-state index in [1.165, 1.54) is 0 Å².